The van der Waals surface area contributed by atoms with Crippen LogP contribution in [0.4, 0.5) is 0 Å². The average molecular weight is 1180 g/mol. The van der Waals surface area contributed by atoms with Gasteiger partial charge in [0.15, 0.2) is 0 Å². The Bertz CT molecular complexity index is 2070. The molecule has 2 nitrogen and oxygen atoms in total. The van der Waals surface area contributed by atoms with Crippen LogP contribution in [0.3, 0.4) is 0 Å². The Labute approximate surface area is 403 Å². The maximum absolute atomic E-state index is 5.08. The van der Waals surface area contributed by atoms with Gasteiger partial charge in [0, 0.05) is 0 Å². The maximum Gasteiger partial charge on any atom is 0.101 e. The summed E-state index contributed by atoms with van der Waals surface area (Å²) >= 11 is 12.6. The zero-order valence-electron chi connectivity index (χ0n) is 34.9. The molecule has 0 amide bonds. The van der Waals surface area contributed by atoms with Gasteiger partial charge in [0.1, 0.15) is 24.6 Å². The fourth-order valence-electron chi connectivity index (χ4n) is 7.48. The number of hydrogen-bond donors (Lipinski definition) is 0. The number of benzene rings is 8. The van der Waals surface area contributed by atoms with E-state index < -0.39 is 47.8 Å². The zero-order chi connectivity index (χ0) is 43.7. The van der Waals surface area contributed by atoms with E-state index in [1.807, 2.05) is 0 Å². The van der Waals surface area contributed by atoms with Crippen LogP contribution in [0.5, 0.6) is 0 Å². The molecule has 0 saturated carbocycles. The van der Waals surface area contributed by atoms with Crippen LogP contribution in [0, 0.1) is 0 Å². The van der Waals surface area contributed by atoms with Crippen LogP contribution in [0.25, 0.3) is 3.42 Å². The Hall–Kier alpha value is -3.39. The monoisotopic (exact) mass is 1170 g/mol. The van der Waals surface area contributed by atoms with Crippen LogP contribution < -0.4 is 42.4 Å². The van der Waals surface area contributed by atoms with E-state index in [0.29, 0.717) is 0 Å². The summed E-state index contributed by atoms with van der Waals surface area (Å²) in [5.74, 6) is 0. The zero-order valence-corrected chi connectivity index (χ0v) is 44.9. The molecule has 0 aromatic heterocycles. The van der Waals surface area contributed by atoms with E-state index in [1.54, 1.807) is 0 Å². The molecule has 316 valence electrons. The molecular weight excluding hydrogens is 1120 g/mol. The molecule has 0 radical (unpaired) electrons. The van der Waals surface area contributed by atoms with Crippen LogP contribution in [0.2, 0.25) is 0 Å². The van der Waals surface area contributed by atoms with Gasteiger partial charge in [-0.2, -0.15) is 0 Å². The molecule has 0 unspecified atom stereocenters. The first-order valence-corrected chi connectivity index (χ1v) is 36.1. The number of nitrogens with zero attached hydrogens (tertiary/aromatic N) is 2. The van der Waals surface area contributed by atoms with Crippen molar-refractivity contribution in [1.29, 1.82) is 0 Å². The summed E-state index contributed by atoms with van der Waals surface area (Å²) in [6.07, 6.45) is 5.04. The molecule has 0 heterocycles. The van der Waals surface area contributed by atoms with Gasteiger partial charge in [-0.05, 0) is 97.1 Å². The summed E-state index contributed by atoms with van der Waals surface area (Å²) in [5.41, 5.74) is 0. The van der Waals surface area contributed by atoms with Gasteiger partial charge < -0.3 is 0 Å². The van der Waals surface area contributed by atoms with Gasteiger partial charge in [-0.1, -0.05) is 146 Å². The molecule has 8 aromatic carbocycles. The van der Waals surface area contributed by atoms with Crippen molar-refractivity contribution in [2.75, 3.05) is 24.6 Å². The van der Waals surface area contributed by atoms with E-state index in [4.69, 9.17) is 23.2 Å². The van der Waals surface area contributed by atoms with Crippen LogP contribution in [0.15, 0.2) is 248 Å². The summed E-state index contributed by atoms with van der Waals surface area (Å²) in [7, 11) is -3.13. The average Bonchev–Trinajstić information content (AvgIpc) is 3.36. The summed E-state index contributed by atoms with van der Waals surface area (Å²) in [6.45, 7) is 0. The van der Waals surface area contributed by atoms with Gasteiger partial charge in [-0.25, -0.2) is 0 Å². The third-order valence-electron chi connectivity index (χ3n) is 10.4. The molecule has 0 spiro atoms. The fourth-order valence-corrected chi connectivity index (χ4v) is 21.3. The third kappa shape index (κ3) is 16.5. The van der Waals surface area contributed by atoms with E-state index in [9.17, 15) is 0 Å². The molecule has 0 aliphatic rings. The van der Waals surface area contributed by atoms with E-state index >= 15 is 0 Å². The van der Waals surface area contributed by atoms with Gasteiger partial charge in [-0.15, -0.1) is 0 Å². The Kier molecular flexibility index (Phi) is 22.2. The van der Waals surface area contributed by atoms with Crippen molar-refractivity contribution in [2.45, 2.75) is 0 Å². The second kappa shape index (κ2) is 28.5. The minimum atomic E-state index is -0.783. The van der Waals surface area contributed by atoms with Gasteiger partial charge in [0.05, 0.1) is 74.1 Å². The van der Waals surface area contributed by atoms with Gasteiger partial charge in [-0.3, -0.25) is 0 Å². The predicted molar refractivity (Wildman–Crippen MR) is 293 cm³/mol. The molecule has 0 fully saturated rings. The Morgan fingerprint density at radius 2 is 0.492 bits per heavy atom. The molecule has 0 aliphatic heterocycles. The Morgan fingerprint density at radius 3 is 0.603 bits per heavy atom. The van der Waals surface area contributed by atoms with E-state index in [1.165, 1.54) is 67.1 Å². The number of hydrogen-bond acceptors (Lipinski definition) is 1. The minimum Gasteiger partial charge on any atom is -0.0620 e. The van der Waals surface area contributed by atoms with Crippen LogP contribution in [-0.4, -0.2) is 29.3 Å². The molecule has 8 aromatic rings. The van der Waals surface area contributed by atoms with Crippen molar-refractivity contribution < 1.29 is 16.1 Å². The number of rotatable bonds is 14. The molecule has 0 atom stereocenters. The van der Waals surface area contributed by atoms with Crippen molar-refractivity contribution in [1.82, 2.24) is 0 Å². The van der Waals surface area contributed by atoms with E-state index in [0.717, 1.165) is 0 Å². The predicted octanol–water partition coefficient (Wildman–Crippen LogP) is 11.8. The van der Waals surface area contributed by atoms with Gasteiger partial charge in [0.2, 0.25) is 0 Å². The van der Waals surface area contributed by atoms with Crippen LogP contribution in [-0.2, 0) is 16.1 Å². The minimum absolute atomic E-state index is 0.0283. The first kappa shape index (κ1) is 49.1. The first-order valence-electron chi connectivity index (χ1n) is 20.8. The second-order valence-electron chi connectivity index (χ2n) is 14.3. The van der Waals surface area contributed by atoms with Crippen LogP contribution >= 0.6 is 68.2 Å². The normalized spacial score (nSPS) is 10.6. The Morgan fingerprint density at radius 1 is 0.333 bits per heavy atom. The van der Waals surface area contributed by atoms with E-state index in [2.05, 4.69) is 264 Å². The molecule has 10 heteroatoms. The fraction of sp³-hybridized carbons (Fsp3) is 0.0755. The first-order chi connectivity index (χ1) is 31.1. The summed E-state index contributed by atoms with van der Waals surface area (Å²) in [5, 5.41) is 15.5. The van der Waals surface area contributed by atoms with Crippen LogP contribution in [0.1, 0.15) is 0 Å². The van der Waals surface area contributed by atoms with Crippen molar-refractivity contribution in [2.24, 2.45) is 5.10 Å². The standard InChI is InChI=1S/2C26H24P2.CCl2N2.BrH.W/c2*1-5-13-23(14-6-1)27(24-15-7-2-8-16-24)21-22-28(25-17-9-3-10-18-25)26-19-11-4-12-20-26;2-1(3)5-4;;/h2*1-20H,21-22H2;;1H;/q;;+1;;+1/p+3. The smallest absolute Gasteiger partial charge is 0.0620 e. The Balaban J connectivity index is 0.000000182. The summed E-state index contributed by atoms with van der Waals surface area (Å²) in [6, 6.07) is 89.0. The summed E-state index contributed by atoms with van der Waals surface area (Å²) < 4.78 is 3.55. The molecule has 0 N–H and O–H groups in total. The number of halogens is 3. The molecular formula is C53H52BrCl2N2P4W+5. The van der Waals surface area contributed by atoms with Crippen molar-refractivity contribution in [3.63, 3.8) is 0 Å². The molecule has 0 saturated heterocycles. The van der Waals surface area contributed by atoms with Crippen molar-refractivity contribution >= 4 is 115 Å². The molecule has 63 heavy (non-hydrogen) atoms. The molecule has 0 bridgehead atoms. The molecule has 0 aliphatic carbocycles. The second-order valence-corrected chi connectivity index (χ2v) is 29.1. The van der Waals surface area contributed by atoms with Crippen molar-refractivity contribution in [3.05, 3.63) is 246 Å². The largest absolute Gasteiger partial charge is 0.101 e. The quantitative estimate of drug-likeness (QED) is 0.0586. The SMILES string of the molecule is ClC(Cl)=N[N+]#[W][Br].c1ccc([PH+](CC[PH+](c2ccccc2)c2ccccc2)c2ccccc2)cc1.c1ccc([PH+](CC[PH+](c2ccccc2)c2ccccc2)c2ccccc2)cc1. The van der Waals surface area contributed by atoms with Gasteiger partial charge in [0.25, 0.3) is 0 Å². The summed E-state index contributed by atoms with van der Waals surface area (Å²) in [4.78, 5) is 0. The molecule has 8 rings (SSSR count). The van der Waals surface area contributed by atoms with Crippen molar-refractivity contribution in [3.8, 4) is 0 Å². The third-order valence-corrected chi connectivity index (χ3v) is 24.3. The van der Waals surface area contributed by atoms with Gasteiger partial charge >= 0.3 is 65.8 Å². The topological polar surface area (TPSA) is 16.7 Å². The van der Waals surface area contributed by atoms with E-state index in [-0.39, 0.29) is 4.63 Å². The maximum atomic E-state index is 5.08.